The molecule has 0 fully saturated rings. The topological polar surface area (TPSA) is 111 Å². The van der Waals surface area contributed by atoms with Gasteiger partial charge in [-0.25, -0.2) is 0 Å². The summed E-state index contributed by atoms with van der Waals surface area (Å²) < 4.78 is 34.1. The minimum absolute atomic E-state index is 0.0277. The summed E-state index contributed by atoms with van der Waals surface area (Å²) in [4.78, 5) is 37.7. The van der Waals surface area contributed by atoms with Crippen LogP contribution in [0.5, 0.6) is 0 Å². The van der Waals surface area contributed by atoms with Gasteiger partial charge in [-0.1, -0.05) is 225 Å². The molecule has 0 aliphatic heterocycles. The number of phosphoric ester groups is 1. The molecule has 2 atom stereocenters. The molecule has 0 rings (SSSR count). The van der Waals surface area contributed by atoms with E-state index in [2.05, 4.69) is 26.0 Å². The zero-order valence-corrected chi connectivity index (χ0v) is 42.5. The van der Waals surface area contributed by atoms with Crippen LogP contribution in [0.25, 0.3) is 0 Å². The zero-order chi connectivity index (χ0) is 45.7. The van der Waals surface area contributed by atoms with E-state index in [9.17, 15) is 19.0 Å². The molecule has 0 bridgehead atoms. The maximum Gasteiger partial charge on any atom is 0.306 e. The summed E-state index contributed by atoms with van der Waals surface area (Å²) >= 11 is 0. The number of nitrogens with zero attached hydrogens (tertiary/aromatic N) is 1. The second-order valence-corrected chi connectivity index (χ2v) is 20.7. The van der Waals surface area contributed by atoms with Gasteiger partial charge in [-0.15, -0.1) is 0 Å². The first-order valence-corrected chi connectivity index (χ1v) is 27.9. The number of quaternary nitrogens is 1. The monoisotopic (exact) mass is 900 g/mol. The largest absolute Gasteiger partial charge is 0.756 e. The van der Waals surface area contributed by atoms with Crippen LogP contribution < -0.4 is 4.89 Å². The maximum absolute atomic E-state index is 12.7. The number of esters is 2. The molecule has 1 unspecified atom stereocenters. The Morgan fingerprint density at radius 1 is 0.484 bits per heavy atom. The molecule has 0 N–H and O–H groups in total. The molecule has 62 heavy (non-hydrogen) atoms. The molecule has 0 aliphatic carbocycles. The van der Waals surface area contributed by atoms with Crippen molar-refractivity contribution in [1.82, 2.24) is 0 Å². The predicted octanol–water partition coefficient (Wildman–Crippen LogP) is 15.1. The van der Waals surface area contributed by atoms with Crippen LogP contribution in [0.15, 0.2) is 12.2 Å². The first-order valence-electron chi connectivity index (χ1n) is 26.4. The van der Waals surface area contributed by atoms with E-state index < -0.39 is 26.5 Å². The van der Waals surface area contributed by atoms with Gasteiger partial charge in [0.05, 0.1) is 27.7 Å². The van der Waals surface area contributed by atoms with E-state index in [4.69, 9.17) is 18.5 Å². The molecule has 10 heteroatoms. The van der Waals surface area contributed by atoms with Crippen LogP contribution in [0.4, 0.5) is 0 Å². The van der Waals surface area contributed by atoms with Crippen LogP contribution in [0.2, 0.25) is 0 Å². The lowest BCUT2D eigenvalue weighted by Gasteiger charge is -2.28. The number of phosphoric acid groups is 1. The molecule has 0 aromatic carbocycles. The van der Waals surface area contributed by atoms with Crippen molar-refractivity contribution >= 4 is 19.8 Å². The average molecular weight is 900 g/mol. The minimum Gasteiger partial charge on any atom is -0.756 e. The van der Waals surface area contributed by atoms with Gasteiger partial charge in [0.2, 0.25) is 0 Å². The number of ether oxygens (including phenoxy) is 2. The first kappa shape index (κ1) is 60.8. The second kappa shape index (κ2) is 44.9. The molecular formula is C52H102NO8P. The van der Waals surface area contributed by atoms with Gasteiger partial charge in [0, 0.05) is 12.8 Å². The van der Waals surface area contributed by atoms with Gasteiger partial charge in [0.15, 0.2) is 6.10 Å². The lowest BCUT2D eigenvalue weighted by atomic mass is 10.0. The SMILES string of the molecule is CCCC/C=C/CCCCCCCCCCCC(=O)O[C@@H](COC(=O)CCCCCCCCCCCCCCCCCCCCCCCCC)COP(=O)([O-])OCC[N+](C)(C)C. The van der Waals surface area contributed by atoms with Crippen LogP contribution >= 0.6 is 7.82 Å². The van der Waals surface area contributed by atoms with Crippen LogP contribution in [0.1, 0.15) is 258 Å². The van der Waals surface area contributed by atoms with E-state index in [0.29, 0.717) is 17.4 Å². The highest BCUT2D eigenvalue weighted by Crippen LogP contribution is 2.38. The molecule has 0 amide bonds. The number of unbranched alkanes of at least 4 members (excludes halogenated alkanes) is 33. The fourth-order valence-electron chi connectivity index (χ4n) is 7.64. The standard InChI is InChI=1S/C52H102NO8P/c1-6-8-10-12-14-16-18-20-22-23-24-25-26-27-28-29-31-32-34-36-38-40-42-44-51(54)58-48-50(49-60-62(56,57)59-47-46-53(3,4)5)61-52(55)45-43-41-39-37-35-33-30-21-19-17-15-13-11-9-7-2/h13,15,50H,6-12,14,16-49H2,1-5H3/b15-13+/t50-/m0/s1. The fourth-order valence-corrected chi connectivity index (χ4v) is 8.37. The summed E-state index contributed by atoms with van der Waals surface area (Å²) in [6, 6.07) is 0. The Bertz CT molecular complexity index is 1060. The third kappa shape index (κ3) is 48.2. The van der Waals surface area contributed by atoms with Crippen molar-refractivity contribution in [3.8, 4) is 0 Å². The highest BCUT2D eigenvalue weighted by atomic mass is 31.2. The Kier molecular flexibility index (Phi) is 44.0. The zero-order valence-electron chi connectivity index (χ0n) is 41.6. The molecule has 0 saturated heterocycles. The average Bonchev–Trinajstić information content (AvgIpc) is 3.23. The summed E-state index contributed by atoms with van der Waals surface area (Å²) in [6.45, 7) is 4.25. The molecule has 0 aliphatic rings. The molecule has 9 nitrogen and oxygen atoms in total. The highest BCUT2D eigenvalue weighted by Gasteiger charge is 2.21. The van der Waals surface area contributed by atoms with E-state index in [0.717, 1.165) is 38.5 Å². The normalized spacial score (nSPS) is 13.5. The van der Waals surface area contributed by atoms with Gasteiger partial charge in [-0.2, -0.15) is 0 Å². The second-order valence-electron chi connectivity index (χ2n) is 19.2. The Morgan fingerprint density at radius 3 is 1.24 bits per heavy atom. The van der Waals surface area contributed by atoms with Crippen LogP contribution in [0, 0.1) is 0 Å². The summed E-state index contributed by atoms with van der Waals surface area (Å²) in [7, 11) is 1.18. The van der Waals surface area contributed by atoms with Crippen molar-refractivity contribution < 1.29 is 42.1 Å². The third-order valence-corrected chi connectivity index (χ3v) is 12.7. The van der Waals surface area contributed by atoms with E-state index in [-0.39, 0.29) is 32.0 Å². The van der Waals surface area contributed by atoms with Crippen LogP contribution in [-0.2, 0) is 32.7 Å². The molecule has 0 spiro atoms. The Hall–Kier alpha value is -1.25. The van der Waals surface area contributed by atoms with Gasteiger partial charge in [-0.05, 0) is 32.1 Å². The highest BCUT2D eigenvalue weighted by molar-refractivity contribution is 7.45. The Morgan fingerprint density at radius 2 is 0.839 bits per heavy atom. The lowest BCUT2D eigenvalue weighted by molar-refractivity contribution is -0.870. The predicted molar refractivity (Wildman–Crippen MR) is 259 cm³/mol. The fraction of sp³-hybridized carbons (Fsp3) is 0.923. The van der Waals surface area contributed by atoms with Crippen molar-refractivity contribution in [2.75, 3.05) is 47.5 Å². The van der Waals surface area contributed by atoms with Gasteiger partial charge < -0.3 is 27.9 Å². The van der Waals surface area contributed by atoms with E-state index in [1.54, 1.807) is 0 Å². The number of carbonyl (C=O) groups excluding carboxylic acids is 2. The van der Waals surface area contributed by atoms with E-state index in [1.165, 1.54) is 186 Å². The number of carbonyl (C=O) groups is 2. The maximum atomic E-state index is 12.7. The molecule has 0 heterocycles. The molecule has 0 radical (unpaired) electrons. The van der Waals surface area contributed by atoms with E-state index in [1.807, 2.05) is 21.1 Å². The smallest absolute Gasteiger partial charge is 0.306 e. The Balaban J connectivity index is 4.14. The Labute approximate surface area is 384 Å². The number of hydrogen-bond donors (Lipinski definition) is 0. The summed E-state index contributed by atoms with van der Waals surface area (Å²) in [5, 5.41) is 0. The minimum atomic E-state index is -4.62. The number of hydrogen-bond acceptors (Lipinski definition) is 8. The summed E-state index contributed by atoms with van der Waals surface area (Å²) in [5.41, 5.74) is 0. The van der Waals surface area contributed by atoms with Gasteiger partial charge in [0.25, 0.3) is 7.82 Å². The molecule has 0 aromatic rings. The number of allylic oxidation sites excluding steroid dienone is 2. The van der Waals surface area contributed by atoms with Crippen LogP contribution in [-0.4, -0.2) is 70.0 Å². The van der Waals surface area contributed by atoms with Gasteiger partial charge >= 0.3 is 11.9 Å². The van der Waals surface area contributed by atoms with Crippen molar-refractivity contribution in [3.05, 3.63) is 12.2 Å². The van der Waals surface area contributed by atoms with Crippen molar-refractivity contribution in [2.24, 2.45) is 0 Å². The molecule has 368 valence electrons. The quantitative estimate of drug-likeness (QED) is 0.0195. The third-order valence-electron chi connectivity index (χ3n) is 11.8. The van der Waals surface area contributed by atoms with Gasteiger partial charge in [0.1, 0.15) is 19.8 Å². The van der Waals surface area contributed by atoms with Crippen molar-refractivity contribution in [2.45, 2.75) is 264 Å². The van der Waals surface area contributed by atoms with Crippen LogP contribution in [0.3, 0.4) is 0 Å². The molecule has 0 aromatic heterocycles. The summed E-state index contributed by atoms with van der Waals surface area (Å²) in [5.74, 6) is -0.821. The first-order chi connectivity index (χ1) is 30.0. The van der Waals surface area contributed by atoms with Gasteiger partial charge in [-0.3, -0.25) is 14.2 Å². The molecule has 0 saturated carbocycles. The lowest BCUT2D eigenvalue weighted by Crippen LogP contribution is -2.37. The van der Waals surface area contributed by atoms with Crippen molar-refractivity contribution in [3.63, 3.8) is 0 Å². The van der Waals surface area contributed by atoms with E-state index >= 15 is 0 Å². The summed E-state index contributed by atoms with van der Waals surface area (Å²) in [6.07, 6.45) is 49.6. The van der Waals surface area contributed by atoms with Crippen molar-refractivity contribution in [1.29, 1.82) is 0 Å². The number of likely N-dealkylation sites (N-methyl/N-ethyl adjacent to an activating group) is 1. The number of rotatable bonds is 49. The molecular weight excluding hydrogens is 798 g/mol.